The minimum Gasteiger partial charge on any atom is -0.477 e. The zero-order chi connectivity index (χ0) is 16.5. The summed E-state index contributed by atoms with van der Waals surface area (Å²) >= 11 is 1.70. The first-order valence-electron chi connectivity index (χ1n) is 8.60. The third-order valence-corrected chi connectivity index (χ3v) is 6.23. The lowest BCUT2D eigenvalue weighted by molar-refractivity contribution is -0.118. The number of nitrogens with zero attached hydrogens (tertiary/aromatic N) is 2. The number of hydrogen-bond donors (Lipinski definition) is 2. The van der Waals surface area contributed by atoms with Crippen LogP contribution in [0, 0.1) is 5.92 Å². The first-order valence-corrected chi connectivity index (χ1v) is 9.42. The summed E-state index contributed by atoms with van der Waals surface area (Å²) in [6.07, 6.45) is 6.21. The number of thiophene rings is 1. The first-order chi connectivity index (χ1) is 11.7. The van der Waals surface area contributed by atoms with E-state index in [1.165, 1.54) is 10.4 Å². The fourth-order valence-electron chi connectivity index (χ4n) is 3.84. The van der Waals surface area contributed by atoms with Crippen LogP contribution in [0.3, 0.4) is 0 Å². The lowest BCUT2D eigenvalue weighted by atomic mass is 9.97. The van der Waals surface area contributed by atoms with Gasteiger partial charge in [-0.2, -0.15) is 0 Å². The van der Waals surface area contributed by atoms with Crippen molar-refractivity contribution in [1.29, 1.82) is 0 Å². The van der Waals surface area contributed by atoms with Crippen LogP contribution in [0.15, 0.2) is 6.33 Å². The average Bonchev–Trinajstić information content (AvgIpc) is 3.13. The highest BCUT2D eigenvalue weighted by Crippen LogP contribution is 2.47. The van der Waals surface area contributed by atoms with Crippen molar-refractivity contribution in [3.05, 3.63) is 16.8 Å². The summed E-state index contributed by atoms with van der Waals surface area (Å²) in [5.41, 5.74) is 6.64. The van der Waals surface area contributed by atoms with Crippen molar-refractivity contribution in [1.82, 2.24) is 15.3 Å². The summed E-state index contributed by atoms with van der Waals surface area (Å²) in [4.78, 5) is 22.5. The molecule has 0 radical (unpaired) electrons. The number of primary amides is 1. The maximum atomic E-state index is 11.4. The van der Waals surface area contributed by atoms with E-state index < -0.39 is 0 Å². The van der Waals surface area contributed by atoms with Crippen LogP contribution in [0.2, 0.25) is 0 Å². The Balaban J connectivity index is 1.62. The molecule has 0 bridgehead atoms. The second-order valence-corrected chi connectivity index (χ2v) is 7.79. The van der Waals surface area contributed by atoms with E-state index in [9.17, 15) is 4.79 Å². The van der Waals surface area contributed by atoms with Crippen LogP contribution in [-0.2, 0) is 11.2 Å². The quantitative estimate of drug-likeness (QED) is 0.864. The maximum Gasteiger partial charge on any atom is 0.225 e. The average molecular weight is 346 g/mol. The van der Waals surface area contributed by atoms with E-state index in [1.54, 1.807) is 17.7 Å². The lowest BCUT2D eigenvalue weighted by Crippen LogP contribution is -2.30. The van der Waals surface area contributed by atoms with Crippen LogP contribution in [-0.4, -0.2) is 35.6 Å². The highest BCUT2D eigenvalue weighted by molar-refractivity contribution is 7.19. The van der Waals surface area contributed by atoms with Crippen LogP contribution < -0.4 is 15.8 Å². The van der Waals surface area contributed by atoms with Gasteiger partial charge in [0.2, 0.25) is 11.8 Å². The van der Waals surface area contributed by atoms with E-state index in [0.717, 1.165) is 49.0 Å². The Bertz CT molecular complexity index is 754. The number of aryl methyl sites for hydroxylation is 1. The molecule has 2 aromatic rings. The standard InChI is InChI=1S/C17H22N4O2S/c18-13(22)7-11-1-2-12-14(11)15-16(20-9-21-17(15)24-12)23-8-10-3-5-19-6-4-10/h9-11,19H,1-8H2,(H2,18,22)/t11-/m1/s1. The molecular formula is C17H22N4O2S. The molecule has 128 valence electrons. The maximum absolute atomic E-state index is 11.4. The smallest absolute Gasteiger partial charge is 0.225 e. The molecule has 1 aliphatic heterocycles. The van der Waals surface area contributed by atoms with E-state index in [-0.39, 0.29) is 11.8 Å². The van der Waals surface area contributed by atoms with E-state index in [0.29, 0.717) is 24.8 Å². The molecule has 24 heavy (non-hydrogen) atoms. The van der Waals surface area contributed by atoms with Gasteiger partial charge in [0.25, 0.3) is 0 Å². The number of nitrogens with one attached hydrogen (secondary N) is 1. The van der Waals surface area contributed by atoms with Gasteiger partial charge in [-0.15, -0.1) is 11.3 Å². The van der Waals surface area contributed by atoms with Gasteiger partial charge < -0.3 is 15.8 Å². The van der Waals surface area contributed by atoms with Crippen LogP contribution in [0.5, 0.6) is 5.88 Å². The molecule has 2 aromatic heterocycles. The van der Waals surface area contributed by atoms with Crippen molar-refractivity contribution in [3.63, 3.8) is 0 Å². The molecule has 1 aliphatic carbocycles. The van der Waals surface area contributed by atoms with Gasteiger partial charge in [-0.05, 0) is 56.2 Å². The molecule has 0 saturated carbocycles. The number of carbonyl (C=O) groups is 1. The van der Waals surface area contributed by atoms with Crippen LogP contribution in [0.4, 0.5) is 0 Å². The molecule has 2 aliphatic rings. The summed E-state index contributed by atoms with van der Waals surface area (Å²) in [6.45, 7) is 2.81. The minimum atomic E-state index is -0.249. The number of hydrogen-bond acceptors (Lipinski definition) is 6. The van der Waals surface area contributed by atoms with Gasteiger partial charge in [0.1, 0.15) is 11.2 Å². The van der Waals surface area contributed by atoms with Crippen LogP contribution in [0.25, 0.3) is 10.2 Å². The van der Waals surface area contributed by atoms with Crippen molar-refractivity contribution in [2.45, 2.75) is 38.0 Å². The number of piperidine rings is 1. The number of rotatable bonds is 5. The Hall–Kier alpha value is -1.73. The van der Waals surface area contributed by atoms with Crippen molar-refractivity contribution < 1.29 is 9.53 Å². The highest BCUT2D eigenvalue weighted by atomic mass is 32.1. The normalized spacial score (nSPS) is 21.1. The Kier molecular flexibility index (Phi) is 4.37. The second-order valence-electron chi connectivity index (χ2n) is 6.71. The monoisotopic (exact) mass is 346 g/mol. The Morgan fingerprint density at radius 3 is 2.96 bits per heavy atom. The molecule has 1 fully saturated rings. The van der Waals surface area contributed by atoms with Gasteiger partial charge in [-0.25, -0.2) is 9.97 Å². The molecule has 0 unspecified atom stereocenters. The Morgan fingerprint density at radius 1 is 1.33 bits per heavy atom. The van der Waals surface area contributed by atoms with Crippen molar-refractivity contribution in [2.75, 3.05) is 19.7 Å². The van der Waals surface area contributed by atoms with E-state index in [4.69, 9.17) is 10.5 Å². The number of ether oxygens (including phenoxy) is 1. The zero-order valence-corrected chi connectivity index (χ0v) is 14.4. The Labute approximate surface area is 144 Å². The van der Waals surface area contributed by atoms with Crippen molar-refractivity contribution in [3.8, 4) is 5.88 Å². The molecule has 0 aromatic carbocycles. The zero-order valence-electron chi connectivity index (χ0n) is 13.6. The predicted molar refractivity (Wildman–Crippen MR) is 93.4 cm³/mol. The van der Waals surface area contributed by atoms with Gasteiger partial charge in [0.05, 0.1) is 12.0 Å². The number of amides is 1. The van der Waals surface area contributed by atoms with Crippen molar-refractivity contribution >= 4 is 27.5 Å². The number of nitrogens with two attached hydrogens (primary N) is 1. The topological polar surface area (TPSA) is 90.1 Å². The molecule has 1 atom stereocenters. The summed E-state index contributed by atoms with van der Waals surface area (Å²) < 4.78 is 6.11. The van der Waals surface area contributed by atoms with Gasteiger partial charge in [-0.1, -0.05) is 0 Å². The summed E-state index contributed by atoms with van der Waals surface area (Å²) in [5.74, 6) is 1.18. The number of aromatic nitrogens is 2. The summed E-state index contributed by atoms with van der Waals surface area (Å²) in [7, 11) is 0. The second kappa shape index (κ2) is 6.64. The van der Waals surface area contributed by atoms with E-state index >= 15 is 0 Å². The van der Waals surface area contributed by atoms with Crippen molar-refractivity contribution in [2.24, 2.45) is 11.7 Å². The molecule has 3 N–H and O–H groups in total. The SMILES string of the molecule is NC(=O)C[C@H]1CCc2sc3ncnc(OCC4CCNCC4)c3c21. The fourth-order valence-corrected chi connectivity index (χ4v) is 5.07. The van der Waals surface area contributed by atoms with Crippen LogP contribution in [0.1, 0.15) is 42.0 Å². The molecule has 0 spiro atoms. The van der Waals surface area contributed by atoms with Gasteiger partial charge in [0.15, 0.2) is 0 Å². The van der Waals surface area contributed by atoms with Crippen LogP contribution >= 0.6 is 11.3 Å². The third-order valence-electron chi connectivity index (χ3n) is 5.06. The molecule has 1 amide bonds. The molecule has 6 nitrogen and oxygen atoms in total. The molecule has 4 rings (SSSR count). The number of fused-ring (bicyclic) bond motifs is 3. The Morgan fingerprint density at radius 2 is 2.17 bits per heavy atom. The van der Waals surface area contributed by atoms with Gasteiger partial charge in [0, 0.05) is 11.3 Å². The molecular weight excluding hydrogens is 324 g/mol. The summed E-state index contributed by atoms with van der Waals surface area (Å²) in [5, 5.41) is 4.38. The highest BCUT2D eigenvalue weighted by Gasteiger charge is 2.31. The van der Waals surface area contributed by atoms with Gasteiger partial charge >= 0.3 is 0 Å². The van der Waals surface area contributed by atoms with E-state index in [1.807, 2.05) is 0 Å². The lowest BCUT2D eigenvalue weighted by Gasteiger charge is -2.22. The molecule has 7 heteroatoms. The number of carbonyl (C=O) groups excluding carboxylic acids is 1. The first kappa shape index (κ1) is 15.8. The molecule has 3 heterocycles. The third kappa shape index (κ3) is 2.98. The predicted octanol–water partition coefficient (Wildman–Crippen LogP) is 1.97. The summed E-state index contributed by atoms with van der Waals surface area (Å²) in [6, 6.07) is 0. The van der Waals surface area contributed by atoms with Gasteiger partial charge in [-0.3, -0.25) is 4.79 Å². The molecule has 1 saturated heterocycles. The largest absolute Gasteiger partial charge is 0.477 e. The minimum absolute atomic E-state index is 0.179. The fraction of sp³-hybridized carbons (Fsp3) is 0.588. The van der Waals surface area contributed by atoms with E-state index in [2.05, 4.69) is 15.3 Å².